The van der Waals surface area contributed by atoms with Gasteiger partial charge in [-0.15, -0.1) is 5.10 Å². The van der Waals surface area contributed by atoms with Gasteiger partial charge in [-0.2, -0.15) is 0 Å². The van der Waals surface area contributed by atoms with Gasteiger partial charge in [0.25, 0.3) is 0 Å². The highest BCUT2D eigenvalue weighted by Crippen LogP contribution is 2.25. The van der Waals surface area contributed by atoms with Gasteiger partial charge < -0.3 is 4.74 Å². The summed E-state index contributed by atoms with van der Waals surface area (Å²) in [6.07, 6.45) is 1.84. The Bertz CT molecular complexity index is 513. The van der Waals surface area contributed by atoms with E-state index in [4.69, 9.17) is 4.74 Å². The molecular weight excluding hydrogens is 350 g/mol. The first-order valence-electron chi connectivity index (χ1n) is 5.01. The third kappa shape index (κ3) is 3.29. The maximum Gasteiger partial charge on any atom is 0.134 e. The van der Waals surface area contributed by atoms with Gasteiger partial charge in [-0.05, 0) is 18.2 Å². The maximum atomic E-state index is 5.72. The number of aromatic nitrogens is 3. The molecule has 2 aromatic rings. The highest BCUT2D eigenvalue weighted by molar-refractivity contribution is 9.10. The lowest BCUT2D eigenvalue weighted by Gasteiger charge is -2.08. The number of alkyl halides is 1. The van der Waals surface area contributed by atoms with Crippen LogP contribution in [0.2, 0.25) is 0 Å². The van der Waals surface area contributed by atoms with Gasteiger partial charge in [0.1, 0.15) is 18.1 Å². The fourth-order valence-corrected chi connectivity index (χ4v) is 2.25. The zero-order valence-corrected chi connectivity index (χ0v) is 12.4. The van der Waals surface area contributed by atoms with Gasteiger partial charge in [0.2, 0.25) is 0 Å². The van der Waals surface area contributed by atoms with Crippen molar-refractivity contribution >= 4 is 31.9 Å². The van der Waals surface area contributed by atoms with E-state index in [-0.39, 0.29) is 0 Å². The van der Waals surface area contributed by atoms with E-state index in [0.29, 0.717) is 6.61 Å². The average Bonchev–Trinajstić information content (AvgIpc) is 2.73. The van der Waals surface area contributed by atoms with E-state index in [1.165, 1.54) is 0 Å². The number of nitrogens with zero attached hydrogens (tertiary/aromatic N) is 3. The topological polar surface area (TPSA) is 39.9 Å². The molecule has 0 aliphatic heterocycles. The summed E-state index contributed by atoms with van der Waals surface area (Å²) in [4.78, 5) is 0. The molecule has 0 bridgehead atoms. The van der Waals surface area contributed by atoms with Crippen molar-refractivity contribution in [2.45, 2.75) is 11.9 Å². The fraction of sp³-hybridized carbons (Fsp3) is 0.273. The van der Waals surface area contributed by atoms with E-state index >= 15 is 0 Å². The molecule has 0 radical (unpaired) electrons. The third-order valence-electron chi connectivity index (χ3n) is 2.19. The summed E-state index contributed by atoms with van der Waals surface area (Å²) in [5.74, 6) is 0.857. The van der Waals surface area contributed by atoms with Gasteiger partial charge in [-0.25, -0.2) is 0 Å². The SMILES string of the molecule is Cn1cc(COc2ccc(Br)cc2CBr)nn1. The molecule has 2 rings (SSSR count). The predicted molar refractivity (Wildman–Crippen MR) is 72.1 cm³/mol. The first-order valence-corrected chi connectivity index (χ1v) is 6.93. The summed E-state index contributed by atoms with van der Waals surface area (Å²) in [6, 6.07) is 5.93. The van der Waals surface area contributed by atoms with Crippen molar-refractivity contribution in [1.29, 1.82) is 0 Å². The first kappa shape index (κ1) is 12.6. The summed E-state index contributed by atoms with van der Waals surface area (Å²) in [7, 11) is 1.83. The molecule has 0 aliphatic carbocycles. The second-order valence-corrected chi connectivity index (χ2v) is 5.03. The number of hydrogen-bond donors (Lipinski definition) is 0. The zero-order chi connectivity index (χ0) is 12.3. The minimum absolute atomic E-state index is 0.426. The predicted octanol–water partition coefficient (Wildman–Crippen LogP) is 3.05. The van der Waals surface area contributed by atoms with E-state index in [0.717, 1.165) is 26.8 Å². The molecule has 1 aromatic carbocycles. The van der Waals surface area contributed by atoms with Crippen LogP contribution in [0.4, 0.5) is 0 Å². The van der Waals surface area contributed by atoms with E-state index in [2.05, 4.69) is 42.2 Å². The van der Waals surface area contributed by atoms with Crippen LogP contribution in [-0.2, 0) is 19.0 Å². The lowest BCUT2D eigenvalue weighted by molar-refractivity contribution is 0.299. The molecule has 0 fully saturated rings. The van der Waals surface area contributed by atoms with E-state index < -0.39 is 0 Å². The van der Waals surface area contributed by atoms with Crippen LogP contribution in [0.15, 0.2) is 28.9 Å². The Morgan fingerprint density at radius 2 is 2.24 bits per heavy atom. The molecule has 0 amide bonds. The molecule has 4 nitrogen and oxygen atoms in total. The molecule has 1 aromatic heterocycles. The molecule has 0 aliphatic rings. The lowest BCUT2D eigenvalue weighted by Crippen LogP contribution is -1.98. The molecule has 0 saturated heterocycles. The molecule has 0 unspecified atom stereocenters. The number of aryl methyl sites for hydroxylation is 1. The molecule has 1 heterocycles. The molecule has 0 saturated carbocycles. The second-order valence-electron chi connectivity index (χ2n) is 3.56. The first-order chi connectivity index (χ1) is 8.19. The highest BCUT2D eigenvalue weighted by atomic mass is 79.9. The van der Waals surface area contributed by atoms with E-state index in [1.54, 1.807) is 4.68 Å². The minimum atomic E-state index is 0.426. The van der Waals surface area contributed by atoms with Crippen LogP contribution >= 0.6 is 31.9 Å². The molecule has 0 spiro atoms. The van der Waals surface area contributed by atoms with Crippen molar-refractivity contribution < 1.29 is 4.74 Å². The van der Waals surface area contributed by atoms with E-state index in [1.807, 2.05) is 31.4 Å². The normalized spacial score (nSPS) is 10.5. The number of ether oxygens (including phenoxy) is 1. The zero-order valence-electron chi connectivity index (χ0n) is 9.23. The van der Waals surface area contributed by atoms with Crippen LogP contribution in [0.5, 0.6) is 5.75 Å². The van der Waals surface area contributed by atoms with Crippen molar-refractivity contribution in [2.24, 2.45) is 7.05 Å². The van der Waals surface area contributed by atoms with Crippen molar-refractivity contribution in [3.05, 3.63) is 40.1 Å². The molecule has 0 atom stereocenters. The quantitative estimate of drug-likeness (QED) is 0.786. The van der Waals surface area contributed by atoms with Crippen LogP contribution in [0, 0.1) is 0 Å². The Morgan fingerprint density at radius 3 is 2.88 bits per heavy atom. The molecule has 6 heteroatoms. The number of benzene rings is 1. The van der Waals surface area contributed by atoms with Crippen molar-refractivity contribution in [3.63, 3.8) is 0 Å². The molecule has 17 heavy (non-hydrogen) atoms. The Hall–Kier alpha value is -0.880. The van der Waals surface area contributed by atoms with Crippen LogP contribution in [-0.4, -0.2) is 15.0 Å². The van der Waals surface area contributed by atoms with Crippen molar-refractivity contribution in [2.75, 3.05) is 0 Å². The Labute approximate surface area is 116 Å². The lowest BCUT2D eigenvalue weighted by atomic mass is 10.2. The average molecular weight is 361 g/mol. The number of rotatable bonds is 4. The van der Waals surface area contributed by atoms with Crippen LogP contribution in [0.25, 0.3) is 0 Å². The van der Waals surface area contributed by atoms with E-state index in [9.17, 15) is 0 Å². The summed E-state index contributed by atoms with van der Waals surface area (Å²) in [5, 5.41) is 8.58. The van der Waals surface area contributed by atoms with Gasteiger partial charge in [-0.1, -0.05) is 37.1 Å². The second kappa shape index (κ2) is 5.64. The van der Waals surface area contributed by atoms with Gasteiger partial charge in [0, 0.05) is 22.4 Å². The van der Waals surface area contributed by atoms with Gasteiger partial charge in [-0.3, -0.25) is 4.68 Å². The van der Waals surface area contributed by atoms with Crippen molar-refractivity contribution in [3.8, 4) is 5.75 Å². The molecule has 0 N–H and O–H groups in total. The highest BCUT2D eigenvalue weighted by Gasteiger charge is 2.05. The summed E-state index contributed by atoms with van der Waals surface area (Å²) in [5.41, 5.74) is 1.92. The Kier molecular flexibility index (Phi) is 4.17. The Morgan fingerprint density at radius 1 is 1.41 bits per heavy atom. The third-order valence-corrected chi connectivity index (χ3v) is 3.29. The number of hydrogen-bond acceptors (Lipinski definition) is 3. The monoisotopic (exact) mass is 359 g/mol. The van der Waals surface area contributed by atoms with Gasteiger partial charge >= 0.3 is 0 Å². The van der Waals surface area contributed by atoms with Crippen molar-refractivity contribution in [1.82, 2.24) is 15.0 Å². The molecule has 90 valence electrons. The largest absolute Gasteiger partial charge is 0.487 e. The number of halogens is 2. The maximum absolute atomic E-state index is 5.72. The van der Waals surface area contributed by atoms with Crippen LogP contribution in [0.3, 0.4) is 0 Å². The Balaban J connectivity index is 2.08. The molecular formula is C11H11Br2N3O. The summed E-state index contributed by atoms with van der Waals surface area (Å²) < 4.78 is 8.41. The van der Waals surface area contributed by atoms with Gasteiger partial charge in [0.05, 0.1) is 6.20 Å². The summed E-state index contributed by atoms with van der Waals surface area (Å²) >= 11 is 6.87. The fourth-order valence-electron chi connectivity index (χ4n) is 1.41. The van der Waals surface area contributed by atoms with Gasteiger partial charge in [0.15, 0.2) is 0 Å². The minimum Gasteiger partial charge on any atom is -0.487 e. The van der Waals surface area contributed by atoms with Crippen LogP contribution in [0.1, 0.15) is 11.3 Å². The van der Waals surface area contributed by atoms with Crippen LogP contribution < -0.4 is 4.74 Å². The smallest absolute Gasteiger partial charge is 0.134 e. The summed E-state index contributed by atoms with van der Waals surface area (Å²) in [6.45, 7) is 0.426. The standard InChI is InChI=1S/C11H11Br2N3O/c1-16-6-10(14-15-16)7-17-11-3-2-9(13)4-8(11)5-12/h2-4,6H,5,7H2,1H3.